The van der Waals surface area contributed by atoms with Crippen LogP contribution in [0.3, 0.4) is 0 Å². The first kappa shape index (κ1) is 22.6. The Morgan fingerprint density at radius 3 is 2.17 bits per heavy atom. The Balaban J connectivity index is 2.18. The molecule has 0 aliphatic carbocycles. The Morgan fingerprint density at radius 1 is 1.07 bits per heavy atom. The van der Waals surface area contributed by atoms with Crippen molar-refractivity contribution in [2.75, 3.05) is 6.61 Å². The minimum atomic E-state index is -1.78. The molecule has 0 heterocycles. The van der Waals surface area contributed by atoms with Gasteiger partial charge in [0, 0.05) is 12.1 Å². The number of esters is 1. The van der Waals surface area contributed by atoms with Crippen LogP contribution in [0.2, 0.25) is 0 Å². The van der Waals surface area contributed by atoms with Crippen molar-refractivity contribution in [1.82, 2.24) is 5.09 Å². The van der Waals surface area contributed by atoms with Crippen molar-refractivity contribution in [3.63, 3.8) is 0 Å². The van der Waals surface area contributed by atoms with E-state index in [1.165, 1.54) is 24.3 Å². The summed E-state index contributed by atoms with van der Waals surface area (Å²) in [5.74, 6) is 0.509. The number of para-hydroxylation sites is 1. The molecule has 0 saturated heterocycles. The van der Waals surface area contributed by atoms with Crippen molar-refractivity contribution < 1.29 is 23.5 Å². The van der Waals surface area contributed by atoms with Crippen LogP contribution in [-0.2, 0) is 9.53 Å². The number of nitro benzene ring substituents is 1. The van der Waals surface area contributed by atoms with E-state index in [0.717, 1.165) is 6.42 Å². The van der Waals surface area contributed by atoms with Gasteiger partial charge in [0.15, 0.2) is 0 Å². The summed E-state index contributed by atoms with van der Waals surface area (Å²) in [6, 6.07) is 14.1. The second kappa shape index (κ2) is 11.3. The number of carbonyl (C=O) groups excluding carboxylic acids is 1. The lowest BCUT2D eigenvalue weighted by Gasteiger charge is -2.25. The highest BCUT2D eigenvalue weighted by atomic mass is 31.2. The van der Waals surface area contributed by atoms with Crippen molar-refractivity contribution in [1.29, 1.82) is 0 Å². The maximum absolute atomic E-state index is 12.4. The normalized spacial score (nSPS) is 12.8. The summed E-state index contributed by atoms with van der Waals surface area (Å²) in [5, 5.41) is 13.9. The summed E-state index contributed by atoms with van der Waals surface area (Å²) < 4.78 is 17.1. The van der Waals surface area contributed by atoms with Gasteiger partial charge in [-0.15, -0.1) is 0 Å². The minimum absolute atomic E-state index is 0.0400. The van der Waals surface area contributed by atoms with E-state index in [1.54, 1.807) is 12.1 Å². The maximum Gasteiger partial charge on any atom is 0.382 e. The molecule has 9 heteroatoms. The molecule has 2 aromatic rings. The molecule has 0 aromatic heterocycles. The van der Waals surface area contributed by atoms with Crippen LogP contribution in [0.15, 0.2) is 54.6 Å². The fourth-order valence-electron chi connectivity index (χ4n) is 2.25. The van der Waals surface area contributed by atoms with Crippen LogP contribution >= 0.6 is 8.53 Å². The standard InChI is InChI=1S/C20H25N2O6P/c1-4-14-26-20(23)19(15(2)3)21-29(27-17-8-6-5-7-9-17)28-18-12-10-16(11-13-18)22(24)25/h5-13,15,19,21H,4,14H2,1-3H3. The van der Waals surface area contributed by atoms with Crippen LogP contribution in [0, 0.1) is 16.0 Å². The molecule has 0 spiro atoms. The van der Waals surface area contributed by atoms with Crippen LogP contribution in [0.4, 0.5) is 5.69 Å². The van der Waals surface area contributed by atoms with Crippen molar-refractivity contribution in [3.8, 4) is 11.5 Å². The third-order valence-electron chi connectivity index (χ3n) is 3.78. The lowest BCUT2D eigenvalue weighted by Crippen LogP contribution is -2.41. The Morgan fingerprint density at radius 2 is 1.66 bits per heavy atom. The first-order valence-corrected chi connectivity index (χ1v) is 10.5. The van der Waals surface area contributed by atoms with Gasteiger partial charge in [0.2, 0.25) is 0 Å². The fourth-order valence-corrected chi connectivity index (χ4v) is 3.65. The molecule has 2 atom stereocenters. The van der Waals surface area contributed by atoms with Gasteiger partial charge in [-0.25, -0.2) is 5.09 Å². The zero-order chi connectivity index (χ0) is 21.2. The molecule has 156 valence electrons. The van der Waals surface area contributed by atoms with Gasteiger partial charge in [0.05, 0.1) is 11.5 Å². The molecule has 8 nitrogen and oxygen atoms in total. The highest BCUT2D eigenvalue weighted by molar-refractivity contribution is 7.45. The van der Waals surface area contributed by atoms with Crippen molar-refractivity contribution in [2.45, 2.75) is 33.2 Å². The van der Waals surface area contributed by atoms with Crippen molar-refractivity contribution in [3.05, 3.63) is 64.7 Å². The van der Waals surface area contributed by atoms with Gasteiger partial charge in [0.1, 0.15) is 17.5 Å². The van der Waals surface area contributed by atoms with E-state index >= 15 is 0 Å². The quantitative estimate of drug-likeness (QED) is 0.240. The molecular formula is C20H25N2O6P. The monoisotopic (exact) mass is 420 g/mol. The number of non-ortho nitro benzene ring substituents is 1. The Bertz CT molecular complexity index is 785. The summed E-state index contributed by atoms with van der Waals surface area (Å²) in [4.78, 5) is 22.8. The summed E-state index contributed by atoms with van der Waals surface area (Å²) in [7, 11) is -1.78. The number of nitrogens with one attached hydrogen (secondary N) is 1. The molecule has 0 amide bonds. The van der Waals surface area contributed by atoms with E-state index in [4.69, 9.17) is 13.8 Å². The van der Waals surface area contributed by atoms with Gasteiger partial charge < -0.3 is 13.8 Å². The van der Waals surface area contributed by atoms with Crippen LogP contribution in [0.5, 0.6) is 11.5 Å². The minimum Gasteiger partial charge on any atom is -0.465 e. The average Bonchev–Trinajstić information content (AvgIpc) is 2.71. The molecule has 0 bridgehead atoms. The smallest absolute Gasteiger partial charge is 0.382 e. The fraction of sp³-hybridized carbons (Fsp3) is 0.350. The second-order valence-corrected chi connectivity index (χ2v) is 7.66. The van der Waals surface area contributed by atoms with Crippen LogP contribution in [0.25, 0.3) is 0 Å². The van der Waals surface area contributed by atoms with Gasteiger partial charge in [-0.2, -0.15) is 0 Å². The number of nitrogens with zero attached hydrogens (tertiary/aromatic N) is 1. The predicted octanol–water partition coefficient (Wildman–Crippen LogP) is 4.85. The van der Waals surface area contributed by atoms with Crippen molar-refractivity contribution >= 4 is 20.2 Å². The predicted molar refractivity (Wildman–Crippen MR) is 111 cm³/mol. The molecular weight excluding hydrogens is 395 g/mol. The van der Waals surface area contributed by atoms with Gasteiger partial charge in [-0.3, -0.25) is 14.9 Å². The third-order valence-corrected chi connectivity index (χ3v) is 5.02. The summed E-state index contributed by atoms with van der Waals surface area (Å²) >= 11 is 0. The summed E-state index contributed by atoms with van der Waals surface area (Å²) in [6.07, 6.45) is 0.727. The SMILES string of the molecule is CCCOC(=O)C(NP(Oc1ccccc1)Oc1ccc([N+](=O)[O-])cc1)C(C)C. The molecule has 2 aromatic carbocycles. The average molecular weight is 420 g/mol. The van der Waals surface area contributed by atoms with Gasteiger partial charge in [-0.1, -0.05) is 39.0 Å². The largest absolute Gasteiger partial charge is 0.465 e. The second-order valence-electron chi connectivity index (χ2n) is 6.52. The van der Waals surface area contributed by atoms with E-state index in [2.05, 4.69) is 5.09 Å². The zero-order valence-electron chi connectivity index (χ0n) is 16.6. The summed E-state index contributed by atoms with van der Waals surface area (Å²) in [6.45, 7) is 6.05. The number of benzene rings is 2. The Hall–Kier alpha value is -2.70. The number of ether oxygens (including phenoxy) is 1. The summed E-state index contributed by atoms with van der Waals surface area (Å²) in [5.41, 5.74) is -0.0400. The van der Waals surface area contributed by atoms with Crippen LogP contribution in [-0.4, -0.2) is 23.5 Å². The van der Waals surface area contributed by atoms with E-state index < -0.39 is 19.5 Å². The third kappa shape index (κ3) is 7.33. The molecule has 0 fully saturated rings. The molecule has 29 heavy (non-hydrogen) atoms. The highest BCUT2D eigenvalue weighted by Gasteiger charge is 2.30. The van der Waals surface area contributed by atoms with E-state index in [1.807, 2.05) is 39.0 Å². The molecule has 2 unspecified atom stereocenters. The lowest BCUT2D eigenvalue weighted by molar-refractivity contribution is -0.384. The zero-order valence-corrected chi connectivity index (χ0v) is 17.5. The molecule has 0 aliphatic rings. The number of nitro groups is 1. The number of carbonyl (C=O) groups is 1. The van der Waals surface area contributed by atoms with Gasteiger partial charge in [-0.05, 0) is 36.6 Å². The molecule has 0 saturated carbocycles. The number of hydrogen-bond acceptors (Lipinski definition) is 7. The molecule has 0 aliphatic heterocycles. The van der Waals surface area contributed by atoms with E-state index in [-0.39, 0.29) is 17.6 Å². The number of hydrogen-bond donors (Lipinski definition) is 1. The van der Waals surface area contributed by atoms with Gasteiger partial charge in [0.25, 0.3) is 5.69 Å². The highest BCUT2D eigenvalue weighted by Crippen LogP contribution is 2.38. The first-order valence-electron chi connectivity index (χ1n) is 9.29. The van der Waals surface area contributed by atoms with E-state index in [0.29, 0.717) is 18.1 Å². The van der Waals surface area contributed by atoms with Crippen LogP contribution < -0.4 is 14.1 Å². The number of rotatable bonds is 11. The first-order chi connectivity index (χ1) is 13.9. The maximum atomic E-state index is 12.4. The Labute approximate surface area is 171 Å². The topological polar surface area (TPSA) is 99.9 Å². The van der Waals surface area contributed by atoms with Crippen LogP contribution in [0.1, 0.15) is 27.2 Å². The van der Waals surface area contributed by atoms with E-state index in [9.17, 15) is 14.9 Å². The van der Waals surface area contributed by atoms with Gasteiger partial charge >= 0.3 is 14.5 Å². The molecule has 2 rings (SSSR count). The lowest BCUT2D eigenvalue weighted by atomic mass is 10.1. The Kier molecular flexibility index (Phi) is 8.83. The van der Waals surface area contributed by atoms with Crippen molar-refractivity contribution in [2.24, 2.45) is 5.92 Å². The molecule has 1 N–H and O–H groups in total. The molecule has 0 radical (unpaired) electrons.